The maximum absolute atomic E-state index is 5.66. The summed E-state index contributed by atoms with van der Waals surface area (Å²) in [5, 5.41) is 4.22. The van der Waals surface area contributed by atoms with Gasteiger partial charge < -0.3 is 9.72 Å². The van der Waals surface area contributed by atoms with Gasteiger partial charge in [-0.1, -0.05) is 19.9 Å². The van der Waals surface area contributed by atoms with Gasteiger partial charge in [-0.2, -0.15) is 5.10 Å². The van der Waals surface area contributed by atoms with E-state index in [0.717, 1.165) is 29.0 Å². The van der Waals surface area contributed by atoms with Crippen LogP contribution in [0.4, 0.5) is 5.95 Å². The summed E-state index contributed by atoms with van der Waals surface area (Å²) in [6, 6.07) is 13.9. The van der Waals surface area contributed by atoms with E-state index in [2.05, 4.69) is 47.3 Å². The number of H-pyrrole nitrogens is 1. The summed E-state index contributed by atoms with van der Waals surface area (Å²) >= 11 is 0. The van der Waals surface area contributed by atoms with Gasteiger partial charge in [0, 0.05) is 0 Å². The molecule has 2 aromatic carbocycles. The normalized spacial score (nSPS) is 11.5. The Morgan fingerprint density at radius 3 is 2.75 bits per heavy atom. The quantitative estimate of drug-likeness (QED) is 0.524. The third kappa shape index (κ3) is 4.13. The van der Waals surface area contributed by atoms with Crippen LogP contribution in [0, 0.1) is 12.8 Å². The molecular weight excluding hydrogens is 300 g/mol. The number of hydrogen-bond acceptors (Lipinski definition) is 4. The van der Waals surface area contributed by atoms with Crippen molar-refractivity contribution in [2.45, 2.75) is 20.8 Å². The summed E-state index contributed by atoms with van der Waals surface area (Å²) in [6.07, 6.45) is 1.75. The molecule has 0 bridgehead atoms. The zero-order valence-corrected chi connectivity index (χ0v) is 14.2. The van der Waals surface area contributed by atoms with Gasteiger partial charge in [0.1, 0.15) is 5.75 Å². The third-order valence-electron chi connectivity index (χ3n) is 3.48. The first-order valence-electron chi connectivity index (χ1n) is 8.08. The zero-order chi connectivity index (χ0) is 16.9. The van der Waals surface area contributed by atoms with Gasteiger partial charge >= 0.3 is 0 Å². The van der Waals surface area contributed by atoms with Crippen molar-refractivity contribution in [3.8, 4) is 5.75 Å². The van der Waals surface area contributed by atoms with Gasteiger partial charge in [-0.3, -0.25) is 0 Å². The minimum atomic E-state index is 0.517. The Balaban J connectivity index is 1.60. The van der Waals surface area contributed by atoms with E-state index in [1.807, 2.05) is 36.4 Å². The summed E-state index contributed by atoms with van der Waals surface area (Å²) in [4.78, 5) is 7.64. The van der Waals surface area contributed by atoms with Crippen molar-refractivity contribution in [2.75, 3.05) is 12.0 Å². The third-order valence-corrected chi connectivity index (χ3v) is 3.48. The number of aromatic nitrogens is 2. The van der Waals surface area contributed by atoms with Gasteiger partial charge in [-0.15, -0.1) is 0 Å². The second-order valence-corrected chi connectivity index (χ2v) is 6.25. The number of aryl methyl sites for hydroxylation is 1. The van der Waals surface area contributed by atoms with E-state index in [1.165, 1.54) is 5.56 Å². The summed E-state index contributed by atoms with van der Waals surface area (Å²) in [7, 11) is 0. The van der Waals surface area contributed by atoms with Crippen LogP contribution in [0.3, 0.4) is 0 Å². The molecule has 0 spiro atoms. The van der Waals surface area contributed by atoms with E-state index in [4.69, 9.17) is 4.74 Å². The Hall–Kier alpha value is -2.82. The number of hydrazone groups is 1. The maximum Gasteiger partial charge on any atom is 0.222 e. The molecule has 0 aliphatic carbocycles. The molecule has 0 fully saturated rings. The van der Waals surface area contributed by atoms with E-state index < -0.39 is 0 Å². The van der Waals surface area contributed by atoms with Crippen LogP contribution in [0.25, 0.3) is 11.0 Å². The summed E-state index contributed by atoms with van der Waals surface area (Å²) in [5.74, 6) is 2.02. The van der Waals surface area contributed by atoms with Crippen LogP contribution in [0.2, 0.25) is 0 Å². The van der Waals surface area contributed by atoms with Gasteiger partial charge in [0.05, 0.1) is 23.9 Å². The number of hydrogen-bond donors (Lipinski definition) is 2. The smallest absolute Gasteiger partial charge is 0.222 e. The molecule has 5 heteroatoms. The number of ether oxygens (including phenoxy) is 1. The van der Waals surface area contributed by atoms with Crippen LogP contribution in [0.15, 0.2) is 47.6 Å². The molecule has 24 heavy (non-hydrogen) atoms. The van der Waals surface area contributed by atoms with E-state index >= 15 is 0 Å². The first-order valence-corrected chi connectivity index (χ1v) is 8.08. The molecule has 0 aliphatic rings. The monoisotopic (exact) mass is 322 g/mol. The summed E-state index contributed by atoms with van der Waals surface area (Å²) < 4.78 is 5.66. The van der Waals surface area contributed by atoms with Crippen molar-refractivity contribution in [1.82, 2.24) is 9.97 Å². The Morgan fingerprint density at radius 2 is 2.00 bits per heavy atom. The number of aromatic amines is 1. The lowest BCUT2D eigenvalue weighted by Gasteiger charge is -2.08. The van der Waals surface area contributed by atoms with Crippen molar-refractivity contribution in [3.05, 3.63) is 53.6 Å². The zero-order valence-electron chi connectivity index (χ0n) is 14.2. The average Bonchev–Trinajstić information content (AvgIpc) is 2.96. The number of imidazole rings is 1. The van der Waals surface area contributed by atoms with Gasteiger partial charge in [0.15, 0.2) is 0 Å². The molecule has 0 unspecified atom stereocenters. The van der Waals surface area contributed by atoms with Crippen molar-refractivity contribution in [3.63, 3.8) is 0 Å². The van der Waals surface area contributed by atoms with Crippen LogP contribution < -0.4 is 10.2 Å². The highest BCUT2D eigenvalue weighted by Gasteiger charge is 2.01. The Kier molecular flexibility index (Phi) is 4.79. The molecule has 5 nitrogen and oxygen atoms in total. The van der Waals surface area contributed by atoms with Gasteiger partial charge in [0.2, 0.25) is 5.95 Å². The fourth-order valence-electron chi connectivity index (χ4n) is 2.26. The molecule has 3 aromatic rings. The summed E-state index contributed by atoms with van der Waals surface area (Å²) in [5.41, 5.74) is 7.04. The van der Waals surface area contributed by atoms with E-state index in [9.17, 15) is 0 Å². The Labute approximate surface area is 141 Å². The van der Waals surface area contributed by atoms with Crippen LogP contribution in [-0.4, -0.2) is 22.8 Å². The average molecular weight is 322 g/mol. The van der Waals surface area contributed by atoms with Crippen molar-refractivity contribution >= 4 is 23.2 Å². The van der Waals surface area contributed by atoms with E-state index in [1.54, 1.807) is 6.21 Å². The van der Waals surface area contributed by atoms with E-state index in [0.29, 0.717) is 11.9 Å². The van der Waals surface area contributed by atoms with Gasteiger partial charge in [0.25, 0.3) is 0 Å². The number of anilines is 1. The predicted molar refractivity (Wildman–Crippen MR) is 98.8 cm³/mol. The summed E-state index contributed by atoms with van der Waals surface area (Å²) in [6.45, 7) is 7.04. The predicted octanol–water partition coefficient (Wildman–Crippen LogP) is 4.35. The molecule has 0 aliphatic heterocycles. The highest BCUT2D eigenvalue weighted by molar-refractivity contribution is 5.81. The van der Waals surface area contributed by atoms with Crippen molar-refractivity contribution < 1.29 is 4.74 Å². The van der Waals surface area contributed by atoms with Gasteiger partial charge in [-0.05, 0) is 60.4 Å². The molecule has 124 valence electrons. The molecule has 3 rings (SSSR count). The molecule has 0 radical (unpaired) electrons. The number of rotatable bonds is 6. The van der Waals surface area contributed by atoms with Crippen LogP contribution >= 0.6 is 0 Å². The fraction of sp³-hybridized carbons (Fsp3) is 0.263. The SMILES string of the molecule is Cc1ccc2nc(N/N=C\c3ccc(OCC(C)C)cc3)[nH]c2c1. The molecule has 1 aromatic heterocycles. The first kappa shape index (κ1) is 16.1. The Morgan fingerprint density at radius 1 is 1.21 bits per heavy atom. The standard InChI is InChI=1S/C19H22N4O/c1-13(2)12-24-16-7-5-15(6-8-16)11-20-23-19-21-17-9-4-14(3)10-18(17)22-19/h4-11,13H,12H2,1-3H3,(H2,21,22,23)/b20-11-. The lowest BCUT2D eigenvalue weighted by Crippen LogP contribution is -2.04. The van der Waals surface area contributed by atoms with Crippen LogP contribution in [-0.2, 0) is 0 Å². The molecule has 0 saturated carbocycles. The second kappa shape index (κ2) is 7.17. The Bertz CT molecular complexity index is 834. The molecule has 2 N–H and O–H groups in total. The van der Waals surface area contributed by atoms with Crippen molar-refractivity contribution in [1.29, 1.82) is 0 Å². The highest BCUT2D eigenvalue weighted by Crippen LogP contribution is 2.16. The topological polar surface area (TPSA) is 62.3 Å². The minimum absolute atomic E-state index is 0.517. The molecule has 0 amide bonds. The molecule has 0 atom stereocenters. The maximum atomic E-state index is 5.66. The number of nitrogens with one attached hydrogen (secondary N) is 2. The largest absolute Gasteiger partial charge is 0.493 e. The molecular formula is C19H22N4O. The first-order chi connectivity index (χ1) is 11.6. The fourth-order valence-corrected chi connectivity index (χ4v) is 2.26. The molecule has 1 heterocycles. The second-order valence-electron chi connectivity index (χ2n) is 6.25. The highest BCUT2D eigenvalue weighted by atomic mass is 16.5. The van der Waals surface area contributed by atoms with Crippen molar-refractivity contribution in [2.24, 2.45) is 11.0 Å². The van der Waals surface area contributed by atoms with Crippen LogP contribution in [0.1, 0.15) is 25.0 Å². The number of benzene rings is 2. The van der Waals surface area contributed by atoms with Gasteiger partial charge in [-0.25, -0.2) is 10.4 Å². The lowest BCUT2D eigenvalue weighted by atomic mass is 10.2. The number of nitrogens with zero attached hydrogens (tertiary/aromatic N) is 2. The van der Waals surface area contributed by atoms with E-state index in [-0.39, 0.29) is 0 Å². The lowest BCUT2D eigenvalue weighted by molar-refractivity contribution is 0.271. The number of fused-ring (bicyclic) bond motifs is 1. The minimum Gasteiger partial charge on any atom is -0.493 e. The van der Waals surface area contributed by atoms with Crippen LogP contribution in [0.5, 0.6) is 5.75 Å². The molecule has 0 saturated heterocycles.